The van der Waals surface area contributed by atoms with Gasteiger partial charge in [-0.25, -0.2) is 0 Å². The molecule has 1 heterocycles. The van der Waals surface area contributed by atoms with E-state index in [0.29, 0.717) is 6.29 Å². The van der Waals surface area contributed by atoms with Gasteiger partial charge < -0.3 is 4.42 Å². The van der Waals surface area contributed by atoms with Crippen molar-refractivity contribution >= 4 is 18.0 Å². The Morgan fingerprint density at radius 1 is 1.58 bits per heavy atom. The van der Waals surface area contributed by atoms with Crippen LogP contribution in [0.2, 0.25) is 0 Å². The van der Waals surface area contributed by atoms with Gasteiger partial charge in [-0.15, -0.1) is 0 Å². The van der Waals surface area contributed by atoms with Gasteiger partial charge in [-0.2, -0.15) is 0 Å². The van der Waals surface area contributed by atoms with E-state index >= 15 is 0 Å². The van der Waals surface area contributed by atoms with E-state index in [0.717, 1.165) is 6.26 Å². The van der Waals surface area contributed by atoms with Gasteiger partial charge in [0.25, 0.3) is 0 Å². The van der Waals surface area contributed by atoms with Crippen LogP contribution in [0.15, 0.2) is 22.8 Å². The molecule has 12 heavy (non-hydrogen) atoms. The SMILES string of the molecule is O=CC=Cc1cc([N+](=O)[O-])co1. The molecule has 0 N–H and O–H groups in total. The van der Waals surface area contributed by atoms with Gasteiger partial charge in [0.2, 0.25) is 0 Å². The lowest BCUT2D eigenvalue weighted by atomic mass is 10.4. The molecule has 0 fully saturated rings. The van der Waals surface area contributed by atoms with E-state index < -0.39 is 4.92 Å². The van der Waals surface area contributed by atoms with Gasteiger partial charge in [-0.1, -0.05) is 0 Å². The number of hydrogen-bond acceptors (Lipinski definition) is 4. The van der Waals surface area contributed by atoms with Crippen LogP contribution in [-0.4, -0.2) is 11.2 Å². The number of furan rings is 1. The van der Waals surface area contributed by atoms with Crippen molar-refractivity contribution in [2.45, 2.75) is 0 Å². The van der Waals surface area contributed by atoms with Crippen LogP contribution in [0.4, 0.5) is 5.69 Å². The summed E-state index contributed by atoms with van der Waals surface area (Å²) in [5, 5.41) is 10.1. The maximum atomic E-state index is 10.1. The van der Waals surface area contributed by atoms with Crippen LogP contribution in [-0.2, 0) is 4.79 Å². The molecule has 0 amide bonds. The highest BCUT2D eigenvalue weighted by atomic mass is 16.6. The third-order valence-corrected chi connectivity index (χ3v) is 1.16. The maximum absolute atomic E-state index is 10.1. The lowest BCUT2D eigenvalue weighted by Crippen LogP contribution is -1.82. The Balaban J connectivity index is 2.84. The fourth-order valence-corrected chi connectivity index (χ4v) is 0.659. The first-order valence-corrected chi connectivity index (χ1v) is 3.09. The average molecular weight is 167 g/mol. The molecule has 1 aromatic rings. The predicted octanol–water partition coefficient (Wildman–Crippen LogP) is 1.40. The molecule has 0 aliphatic heterocycles. The first-order chi connectivity index (χ1) is 5.74. The Kier molecular flexibility index (Phi) is 2.37. The van der Waals surface area contributed by atoms with Gasteiger partial charge in [0, 0.05) is 0 Å². The van der Waals surface area contributed by atoms with Crippen molar-refractivity contribution in [2.24, 2.45) is 0 Å². The molecule has 0 aromatic carbocycles. The summed E-state index contributed by atoms with van der Waals surface area (Å²) in [6, 6.07) is 1.24. The molecule has 1 rings (SSSR count). The highest BCUT2D eigenvalue weighted by Gasteiger charge is 2.08. The number of carbonyl (C=O) groups excluding carboxylic acids is 1. The summed E-state index contributed by atoms with van der Waals surface area (Å²) in [7, 11) is 0. The van der Waals surface area contributed by atoms with Crippen LogP contribution in [0.5, 0.6) is 0 Å². The molecule has 1 aromatic heterocycles. The van der Waals surface area contributed by atoms with Gasteiger partial charge in [0.05, 0.1) is 11.0 Å². The molecule has 0 saturated carbocycles. The van der Waals surface area contributed by atoms with Gasteiger partial charge in [0.1, 0.15) is 12.0 Å². The Morgan fingerprint density at radius 2 is 2.33 bits per heavy atom. The van der Waals surface area contributed by atoms with E-state index in [1.807, 2.05) is 0 Å². The number of hydrogen-bond donors (Lipinski definition) is 0. The van der Waals surface area contributed by atoms with E-state index in [4.69, 9.17) is 4.42 Å². The summed E-state index contributed by atoms with van der Waals surface area (Å²) in [6.45, 7) is 0. The van der Waals surface area contributed by atoms with E-state index in [2.05, 4.69) is 0 Å². The van der Waals surface area contributed by atoms with E-state index in [1.165, 1.54) is 18.2 Å². The minimum atomic E-state index is -0.568. The number of nitro groups is 1. The third-order valence-electron chi connectivity index (χ3n) is 1.16. The summed E-state index contributed by atoms with van der Waals surface area (Å²) in [4.78, 5) is 19.4. The standard InChI is InChI=1S/C7H5NO4/c9-3-1-2-7-4-6(5-12-7)8(10)11/h1-5H. The molecule has 0 unspecified atom stereocenters. The first-order valence-electron chi connectivity index (χ1n) is 3.09. The Hall–Kier alpha value is -1.91. The molecular weight excluding hydrogens is 162 g/mol. The van der Waals surface area contributed by atoms with Crippen molar-refractivity contribution in [2.75, 3.05) is 0 Å². The van der Waals surface area contributed by atoms with Gasteiger partial charge in [-0.05, 0) is 12.2 Å². The normalized spacial score (nSPS) is 10.3. The quantitative estimate of drug-likeness (QED) is 0.295. The summed E-state index contributed by atoms with van der Waals surface area (Å²) < 4.78 is 4.74. The minimum absolute atomic E-state index is 0.124. The zero-order chi connectivity index (χ0) is 8.97. The second kappa shape index (κ2) is 3.47. The van der Waals surface area contributed by atoms with E-state index in [1.54, 1.807) is 0 Å². The average Bonchev–Trinajstić information content (AvgIpc) is 2.48. The highest BCUT2D eigenvalue weighted by Crippen LogP contribution is 2.16. The summed E-state index contributed by atoms with van der Waals surface area (Å²) in [5.74, 6) is 0.286. The summed E-state index contributed by atoms with van der Waals surface area (Å²) >= 11 is 0. The van der Waals surface area contributed by atoms with Gasteiger partial charge >= 0.3 is 5.69 Å². The number of rotatable bonds is 3. The van der Waals surface area contributed by atoms with Crippen LogP contribution in [0, 0.1) is 10.1 Å². The molecule has 0 bridgehead atoms. The summed E-state index contributed by atoms with van der Waals surface area (Å²) in [6.07, 6.45) is 4.13. The molecule has 0 aliphatic rings. The molecule has 0 radical (unpaired) electrons. The Bertz CT molecular complexity index is 326. The second-order valence-electron chi connectivity index (χ2n) is 1.96. The molecule has 5 heteroatoms. The number of allylic oxidation sites excluding steroid dienone is 1. The van der Waals surface area contributed by atoms with Crippen molar-refractivity contribution in [3.8, 4) is 0 Å². The molecular formula is C7H5NO4. The fourth-order valence-electron chi connectivity index (χ4n) is 0.659. The monoisotopic (exact) mass is 167 g/mol. The minimum Gasteiger partial charge on any atom is -0.458 e. The lowest BCUT2D eigenvalue weighted by molar-refractivity contribution is -0.385. The smallest absolute Gasteiger partial charge is 0.307 e. The van der Waals surface area contributed by atoms with Gasteiger partial charge in [0.15, 0.2) is 6.26 Å². The molecule has 5 nitrogen and oxygen atoms in total. The fraction of sp³-hybridized carbons (Fsp3) is 0. The number of carbonyl (C=O) groups is 1. The predicted molar refractivity (Wildman–Crippen MR) is 40.5 cm³/mol. The Morgan fingerprint density at radius 3 is 2.83 bits per heavy atom. The number of nitrogens with zero attached hydrogens (tertiary/aromatic N) is 1. The highest BCUT2D eigenvalue weighted by molar-refractivity contribution is 5.72. The van der Waals surface area contributed by atoms with E-state index in [9.17, 15) is 14.9 Å². The van der Waals surface area contributed by atoms with Gasteiger partial charge in [-0.3, -0.25) is 14.9 Å². The zero-order valence-corrected chi connectivity index (χ0v) is 5.97. The Labute approximate surface area is 67.4 Å². The second-order valence-corrected chi connectivity index (χ2v) is 1.96. The zero-order valence-electron chi connectivity index (χ0n) is 5.97. The third kappa shape index (κ3) is 1.79. The van der Waals surface area contributed by atoms with Crippen molar-refractivity contribution in [1.29, 1.82) is 0 Å². The van der Waals surface area contributed by atoms with Crippen LogP contribution in [0.1, 0.15) is 5.76 Å². The first kappa shape index (κ1) is 8.19. The molecule has 62 valence electrons. The van der Waals surface area contributed by atoms with Crippen molar-refractivity contribution in [1.82, 2.24) is 0 Å². The number of aldehydes is 1. The van der Waals surface area contributed by atoms with Crippen LogP contribution >= 0.6 is 0 Å². The van der Waals surface area contributed by atoms with Crippen molar-refractivity contribution < 1.29 is 14.1 Å². The molecule has 0 saturated heterocycles. The van der Waals surface area contributed by atoms with Crippen molar-refractivity contribution in [3.05, 3.63) is 34.3 Å². The topological polar surface area (TPSA) is 73.3 Å². The van der Waals surface area contributed by atoms with Crippen molar-refractivity contribution in [3.63, 3.8) is 0 Å². The lowest BCUT2D eigenvalue weighted by Gasteiger charge is -1.77. The molecule has 0 atom stereocenters. The van der Waals surface area contributed by atoms with Crippen LogP contribution in [0.25, 0.3) is 6.08 Å². The molecule has 0 spiro atoms. The van der Waals surface area contributed by atoms with Crippen LogP contribution < -0.4 is 0 Å². The summed E-state index contributed by atoms with van der Waals surface area (Å²) in [5.41, 5.74) is -0.124. The largest absolute Gasteiger partial charge is 0.458 e. The van der Waals surface area contributed by atoms with Crippen LogP contribution in [0.3, 0.4) is 0 Å². The molecule has 0 aliphatic carbocycles. The maximum Gasteiger partial charge on any atom is 0.307 e. The van der Waals surface area contributed by atoms with E-state index in [-0.39, 0.29) is 11.4 Å².